The molecule has 96 valence electrons. The molecule has 0 N–H and O–H groups in total. The van der Waals surface area contributed by atoms with Crippen LogP contribution in [0.2, 0.25) is 0 Å². The maximum absolute atomic E-state index is 11.8. The van der Waals surface area contributed by atoms with E-state index in [1.54, 1.807) is 17.4 Å². The normalized spacial score (nSPS) is 10.6. The van der Waals surface area contributed by atoms with Crippen molar-refractivity contribution < 1.29 is 9.21 Å². The molecule has 0 spiro atoms. The van der Waals surface area contributed by atoms with Crippen LogP contribution >= 0.6 is 23.1 Å². The number of alkyl halides is 1. The molecule has 0 aromatic carbocycles. The Morgan fingerprint density at radius 1 is 1.56 bits per heavy atom. The SMILES string of the molecule is Cc1ccoc1CN(Cc1cnsc1)C(=O)CCl. The van der Waals surface area contributed by atoms with Crippen LogP contribution in [0, 0.1) is 6.92 Å². The van der Waals surface area contributed by atoms with Gasteiger partial charge in [-0.25, -0.2) is 4.37 Å². The molecule has 2 rings (SSSR count). The summed E-state index contributed by atoms with van der Waals surface area (Å²) in [7, 11) is 0. The summed E-state index contributed by atoms with van der Waals surface area (Å²) in [5.74, 6) is 0.646. The molecule has 0 saturated heterocycles. The second kappa shape index (κ2) is 6.02. The lowest BCUT2D eigenvalue weighted by atomic mass is 10.2. The molecule has 6 heteroatoms. The van der Waals surface area contributed by atoms with Crippen molar-refractivity contribution in [3.05, 3.63) is 40.8 Å². The minimum Gasteiger partial charge on any atom is -0.467 e. The molecule has 1 amide bonds. The van der Waals surface area contributed by atoms with Gasteiger partial charge in [0.05, 0.1) is 12.8 Å². The highest BCUT2D eigenvalue weighted by Crippen LogP contribution is 2.15. The summed E-state index contributed by atoms with van der Waals surface area (Å²) in [5.41, 5.74) is 2.04. The lowest BCUT2D eigenvalue weighted by molar-refractivity contribution is -0.130. The molecule has 0 atom stereocenters. The number of hydrogen-bond acceptors (Lipinski definition) is 4. The van der Waals surface area contributed by atoms with Gasteiger partial charge in [0.15, 0.2) is 0 Å². The van der Waals surface area contributed by atoms with Crippen LogP contribution in [0.4, 0.5) is 0 Å². The Hall–Kier alpha value is -1.33. The highest BCUT2D eigenvalue weighted by Gasteiger charge is 2.16. The van der Waals surface area contributed by atoms with Crippen molar-refractivity contribution in [2.75, 3.05) is 5.88 Å². The number of carbonyl (C=O) groups is 1. The van der Waals surface area contributed by atoms with Crippen LogP contribution in [0.1, 0.15) is 16.9 Å². The van der Waals surface area contributed by atoms with Crippen molar-refractivity contribution >= 4 is 29.0 Å². The van der Waals surface area contributed by atoms with E-state index in [1.165, 1.54) is 11.5 Å². The van der Waals surface area contributed by atoms with Crippen molar-refractivity contribution in [3.63, 3.8) is 0 Å². The zero-order chi connectivity index (χ0) is 13.0. The maximum Gasteiger partial charge on any atom is 0.238 e. The minimum absolute atomic E-state index is 0.0304. The van der Waals surface area contributed by atoms with E-state index in [1.807, 2.05) is 18.4 Å². The zero-order valence-corrected chi connectivity index (χ0v) is 11.5. The molecule has 0 radical (unpaired) electrons. The summed E-state index contributed by atoms with van der Waals surface area (Å²) in [6.07, 6.45) is 3.38. The lowest BCUT2D eigenvalue weighted by Crippen LogP contribution is -2.30. The van der Waals surface area contributed by atoms with Gasteiger partial charge in [0.1, 0.15) is 11.6 Å². The molecule has 0 saturated carbocycles. The quantitative estimate of drug-likeness (QED) is 0.793. The molecule has 0 bridgehead atoms. The number of furan rings is 1. The first-order chi connectivity index (χ1) is 8.70. The average Bonchev–Trinajstić information content (AvgIpc) is 3.00. The van der Waals surface area contributed by atoms with E-state index in [2.05, 4.69) is 4.37 Å². The number of carbonyl (C=O) groups excluding carboxylic acids is 1. The average molecular weight is 285 g/mol. The molecular formula is C12H13ClN2O2S. The fourth-order valence-electron chi connectivity index (χ4n) is 1.58. The first kappa shape index (κ1) is 13.1. The van der Waals surface area contributed by atoms with Gasteiger partial charge in [0.2, 0.25) is 5.91 Å². The van der Waals surface area contributed by atoms with Gasteiger partial charge in [0, 0.05) is 23.7 Å². The highest BCUT2D eigenvalue weighted by atomic mass is 35.5. The van der Waals surface area contributed by atoms with E-state index in [0.29, 0.717) is 13.1 Å². The van der Waals surface area contributed by atoms with Gasteiger partial charge in [-0.05, 0) is 30.1 Å². The molecule has 0 fully saturated rings. The summed E-state index contributed by atoms with van der Waals surface area (Å²) in [5, 5.41) is 1.92. The number of aromatic nitrogens is 1. The van der Waals surface area contributed by atoms with Gasteiger partial charge in [-0.3, -0.25) is 4.79 Å². The van der Waals surface area contributed by atoms with Crippen LogP contribution in [-0.4, -0.2) is 21.1 Å². The molecule has 2 heterocycles. The molecule has 0 aliphatic carbocycles. The predicted octanol–water partition coefficient (Wildman–Crippen LogP) is 2.81. The van der Waals surface area contributed by atoms with E-state index in [0.717, 1.165) is 16.9 Å². The van der Waals surface area contributed by atoms with Gasteiger partial charge in [-0.2, -0.15) is 0 Å². The summed E-state index contributed by atoms with van der Waals surface area (Å²) < 4.78 is 9.38. The molecule has 4 nitrogen and oxygen atoms in total. The van der Waals surface area contributed by atoms with Crippen LogP contribution in [-0.2, 0) is 17.9 Å². The van der Waals surface area contributed by atoms with Crippen LogP contribution in [0.3, 0.4) is 0 Å². The number of nitrogens with zero attached hydrogens (tertiary/aromatic N) is 2. The summed E-state index contributed by atoms with van der Waals surface area (Å²) >= 11 is 7.00. The minimum atomic E-state index is -0.112. The molecule has 18 heavy (non-hydrogen) atoms. The van der Waals surface area contributed by atoms with Gasteiger partial charge in [-0.15, -0.1) is 11.6 Å². The van der Waals surface area contributed by atoms with Gasteiger partial charge < -0.3 is 9.32 Å². The van der Waals surface area contributed by atoms with Crippen molar-refractivity contribution in [1.29, 1.82) is 0 Å². The Kier molecular flexibility index (Phi) is 4.38. The largest absolute Gasteiger partial charge is 0.467 e. The van der Waals surface area contributed by atoms with Crippen molar-refractivity contribution in [2.45, 2.75) is 20.0 Å². The third kappa shape index (κ3) is 3.11. The second-order valence-corrected chi connectivity index (χ2v) is 4.87. The summed E-state index contributed by atoms with van der Waals surface area (Å²) in [6, 6.07) is 1.88. The number of aryl methyl sites for hydroxylation is 1. The van der Waals surface area contributed by atoms with Gasteiger partial charge in [0.25, 0.3) is 0 Å². The Morgan fingerprint density at radius 2 is 2.39 bits per heavy atom. The number of halogens is 1. The van der Waals surface area contributed by atoms with E-state index in [-0.39, 0.29) is 11.8 Å². The highest BCUT2D eigenvalue weighted by molar-refractivity contribution is 7.03. The Balaban J connectivity index is 2.10. The summed E-state index contributed by atoms with van der Waals surface area (Å²) in [6.45, 7) is 2.89. The Morgan fingerprint density at radius 3 is 2.94 bits per heavy atom. The third-order valence-electron chi connectivity index (χ3n) is 2.63. The first-order valence-electron chi connectivity index (χ1n) is 5.45. The Bertz CT molecular complexity index is 510. The van der Waals surface area contributed by atoms with Crippen molar-refractivity contribution in [1.82, 2.24) is 9.27 Å². The van der Waals surface area contributed by atoms with Gasteiger partial charge >= 0.3 is 0 Å². The second-order valence-electron chi connectivity index (χ2n) is 3.94. The maximum atomic E-state index is 11.8. The summed E-state index contributed by atoms with van der Waals surface area (Å²) in [4.78, 5) is 13.5. The topological polar surface area (TPSA) is 46.3 Å². The Labute approximate surface area is 114 Å². The smallest absolute Gasteiger partial charge is 0.238 e. The van der Waals surface area contributed by atoms with E-state index in [9.17, 15) is 4.79 Å². The molecular weight excluding hydrogens is 272 g/mol. The van der Waals surface area contributed by atoms with Gasteiger partial charge in [-0.1, -0.05) is 0 Å². The zero-order valence-electron chi connectivity index (χ0n) is 9.93. The number of amides is 1. The molecule has 2 aromatic heterocycles. The molecule has 2 aromatic rings. The van der Waals surface area contributed by atoms with Crippen LogP contribution in [0.5, 0.6) is 0 Å². The fourth-order valence-corrected chi connectivity index (χ4v) is 2.28. The standard InChI is InChI=1S/C12H13ClN2O2S/c1-9-2-3-17-11(9)7-15(12(16)4-13)6-10-5-14-18-8-10/h2-3,5,8H,4,6-7H2,1H3. The number of hydrogen-bond donors (Lipinski definition) is 0. The predicted molar refractivity (Wildman–Crippen MR) is 70.5 cm³/mol. The molecule has 0 unspecified atom stereocenters. The molecule has 0 aliphatic rings. The molecule has 0 aliphatic heterocycles. The van der Waals surface area contributed by atoms with Crippen LogP contribution < -0.4 is 0 Å². The van der Waals surface area contributed by atoms with E-state index >= 15 is 0 Å². The first-order valence-corrected chi connectivity index (χ1v) is 6.82. The third-order valence-corrected chi connectivity index (χ3v) is 3.49. The van der Waals surface area contributed by atoms with Crippen molar-refractivity contribution in [2.24, 2.45) is 0 Å². The monoisotopic (exact) mass is 284 g/mol. The van der Waals surface area contributed by atoms with Crippen molar-refractivity contribution in [3.8, 4) is 0 Å². The van der Waals surface area contributed by atoms with Crippen LogP contribution in [0.25, 0.3) is 0 Å². The van der Waals surface area contributed by atoms with E-state index in [4.69, 9.17) is 16.0 Å². The number of rotatable bonds is 5. The fraction of sp³-hybridized carbons (Fsp3) is 0.333. The lowest BCUT2D eigenvalue weighted by Gasteiger charge is -2.20. The van der Waals surface area contributed by atoms with E-state index < -0.39 is 0 Å². The van der Waals surface area contributed by atoms with Crippen LogP contribution in [0.15, 0.2) is 28.3 Å².